The second-order valence-electron chi connectivity index (χ2n) is 7.08. The van der Waals surface area contributed by atoms with Crippen LogP contribution in [0.5, 0.6) is 0 Å². The van der Waals surface area contributed by atoms with E-state index >= 15 is 0 Å². The Balaban J connectivity index is 1.42. The van der Waals surface area contributed by atoms with E-state index in [4.69, 9.17) is 11.6 Å². The van der Waals surface area contributed by atoms with Gasteiger partial charge in [0.2, 0.25) is 10.0 Å². The Morgan fingerprint density at radius 1 is 1.00 bits per heavy atom. The van der Waals surface area contributed by atoms with Crippen molar-refractivity contribution in [3.8, 4) is 0 Å². The van der Waals surface area contributed by atoms with Crippen molar-refractivity contribution in [2.24, 2.45) is 0 Å². The second-order valence-corrected chi connectivity index (χ2v) is 9.49. The SMILES string of the molecule is O=c1c2cc(Cl)ccc2ncn1CN1CCN(S(=O)(=O)Cc2ccccc2)CC1. The zero-order valence-electron chi connectivity index (χ0n) is 15.7. The van der Waals surface area contributed by atoms with E-state index < -0.39 is 10.0 Å². The van der Waals surface area contributed by atoms with Crippen LogP contribution in [-0.4, -0.2) is 53.4 Å². The molecule has 0 amide bonds. The van der Waals surface area contributed by atoms with Gasteiger partial charge in [-0.15, -0.1) is 0 Å². The van der Waals surface area contributed by atoms with Crippen LogP contribution in [0.3, 0.4) is 0 Å². The van der Waals surface area contributed by atoms with Gasteiger partial charge >= 0.3 is 0 Å². The van der Waals surface area contributed by atoms with Crippen LogP contribution in [0.4, 0.5) is 0 Å². The summed E-state index contributed by atoms with van der Waals surface area (Å²) in [6.07, 6.45) is 1.52. The number of benzene rings is 2. The highest BCUT2D eigenvalue weighted by atomic mass is 35.5. The van der Waals surface area contributed by atoms with Crippen LogP contribution < -0.4 is 5.56 Å². The van der Waals surface area contributed by atoms with Crippen LogP contribution in [-0.2, 0) is 22.4 Å². The molecule has 0 saturated carbocycles. The Morgan fingerprint density at radius 2 is 1.72 bits per heavy atom. The summed E-state index contributed by atoms with van der Waals surface area (Å²) < 4.78 is 28.4. The Bertz CT molecular complexity index is 1170. The quantitative estimate of drug-likeness (QED) is 0.617. The van der Waals surface area contributed by atoms with Crippen molar-refractivity contribution in [2.75, 3.05) is 26.2 Å². The van der Waals surface area contributed by atoms with Crippen molar-refractivity contribution in [3.05, 3.63) is 75.8 Å². The predicted octanol–water partition coefficient (Wildman–Crippen LogP) is 2.16. The highest BCUT2D eigenvalue weighted by Gasteiger charge is 2.27. The summed E-state index contributed by atoms with van der Waals surface area (Å²) in [6.45, 7) is 2.26. The Labute approximate surface area is 174 Å². The number of sulfonamides is 1. The van der Waals surface area contributed by atoms with Crippen LogP contribution in [0, 0.1) is 0 Å². The maximum Gasteiger partial charge on any atom is 0.262 e. The zero-order valence-corrected chi connectivity index (χ0v) is 17.3. The van der Waals surface area contributed by atoms with Gasteiger partial charge in [0.15, 0.2) is 0 Å². The molecule has 1 aliphatic heterocycles. The second kappa shape index (κ2) is 8.23. The van der Waals surface area contributed by atoms with Crippen LogP contribution in [0.25, 0.3) is 10.9 Å². The zero-order chi connectivity index (χ0) is 20.4. The molecule has 0 spiro atoms. The molecule has 0 atom stereocenters. The molecular weight excluding hydrogens is 412 g/mol. The van der Waals surface area contributed by atoms with E-state index in [1.807, 2.05) is 35.2 Å². The minimum atomic E-state index is -3.36. The molecule has 4 rings (SSSR count). The largest absolute Gasteiger partial charge is 0.285 e. The van der Waals surface area contributed by atoms with Crippen LogP contribution in [0.15, 0.2) is 59.7 Å². The molecule has 2 heterocycles. The number of halogens is 1. The van der Waals surface area contributed by atoms with E-state index in [0.717, 1.165) is 5.56 Å². The standard InChI is InChI=1S/C20H21ClN4O3S/c21-17-6-7-19-18(12-17)20(26)24(14-22-19)15-23-8-10-25(11-9-23)29(27,28)13-16-4-2-1-3-5-16/h1-7,12,14H,8-11,13,15H2. The van der Waals surface area contributed by atoms with Gasteiger partial charge in [-0.05, 0) is 23.8 Å². The van der Waals surface area contributed by atoms with Crippen molar-refractivity contribution in [1.82, 2.24) is 18.8 Å². The van der Waals surface area contributed by atoms with Gasteiger partial charge in [0, 0.05) is 31.2 Å². The number of piperazine rings is 1. The molecule has 1 saturated heterocycles. The van der Waals surface area contributed by atoms with E-state index in [0.29, 0.717) is 48.8 Å². The normalized spacial score (nSPS) is 16.3. The van der Waals surface area contributed by atoms with E-state index in [-0.39, 0.29) is 11.3 Å². The van der Waals surface area contributed by atoms with Crippen molar-refractivity contribution in [3.63, 3.8) is 0 Å². The maximum absolute atomic E-state index is 12.7. The number of fused-ring (bicyclic) bond motifs is 1. The van der Waals surface area contributed by atoms with Gasteiger partial charge < -0.3 is 0 Å². The monoisotopic (exact) mass is 432 g/mol. The van der Waals surface area contributed by atoms with E-state index in [1.165, 1.54) is 15.2 Å². The molecule has 152 valence electrons. The fourth-order valence-electron chi connectivity index (χ4n) is 3.47. The first-order valence-electron chi connectivity index (χ1n) is 9.31. The molecule has 1 aliphatic rings. The third kappa shape index (κ3) is 4.51. The van der Waals surface area contributed by atoms with Gasteiger partial charge in [0.1, 0.15) is 0 Å². The van der Waals surface area contributed by atoms with E-state index in [1.54, 1.807) is 18.2 Å². The van der Waals surface area contributed by atoms with Crippen molar-refractivity contribution < 1.29 is 8.42 Å². The van der Waals surface area contributed by atoms with Gasteiger partial charge in [0.05, 0.1) is 29.7 Å². The van der Waals surface area contributed by atoms with E-state index in [2.05, 4.69) is 4.98 Å². The van der Waals surface area contributed by atoms with Gasteiger partial charge in [-0.2, -0.15) is 4.31 Å². The average Bonchev–Trinajstić information content (AvgIpc) is 2.71. The lowest BCUT2D eigenvalue weighted by atomic mass is 10.2. The molecule has 9 heteroatoms. The predicted molar refractivity (Wildman–Crippen MR) is 113 cm³/mol. The molecule has 7 nitrogen and oxygen atoms in total. The molecule has 0 bridgehead atoms. The first kappa shape index (κ1) is 20.0. The highest BCUT2D eigenvalue weighted by Crippen LogP contribution is 2.16. The molecule has 1 fully saturated rings. The summed E-state index contributed by atoms with van der Waals surface area (Å²) in [6, 6.07) is 14.2. The lowest BCUT2D eigenvalue weighted by Crippen LogP contribution is -2.49. The van der Waals surface area contributed by atoms with Gasteiger partial charge in [0.25, 0.3) is 5.56 Å². The summed E-state index contributed by atoms with van der Waals surface area (Å²) in [5, 5.41) is 0.968. The van der Waals surface area contributed by atoms with Gasteiger partial charge in [-0.1, -0.05) is 41.9 Å². The summed E-state index contributed by atoms with van der Waals surface area (Å²) in [7, 11) is -3.36. The fraction of sp³-hybridized carbons (Fsp3) is 0.300. The molecular formula is C20H21ClN4O3S. The van der Waals surface area contributed by atoms with Crippen molar-refractivity contribution >= 4 is 32.5 Å². The van der Waals surface area contributed by atoms with Crippen LogP contribution >= 0.6 is 11.6 Å². The number of aromatic nitrogens is 2. The highest BCUT2D eigenvalue weighted by molar-refractivity contribution is 7.88. The third-order valence-electron chi connectivity index (χ3n) is 5.05. The number of hydrogen-bond acceptors (Lipinski definition) is 5. The van der Waals surface area contributed by atoms with E-state index in [9.17, 15) is 13.2 Å². The molecule has 29 heavy (non-hydrogen) atoms. The first-order chi connectivity index (χ1) is 13.9. The smallest absolute Gasteiger partial charge is 0.262 e. The van der Waals surface area contributed by atoms with Crippen LogP contribution in [0.1, 0.15) is 5.56 Å². The molecule has 0 radical (unpaired) electrons. The fourth-order valence-corrected chi connectivity index (χ4v) is 5.16. The Hall–Kier alpha value is -2.26. The molecule has 1 aromatic heterocycles. The number of hydrogen-bond donors (Lipinski definition) is 0. The number of nitrogens with zero attached hydrogens (tertiary/aromatic N) is 4. The Morgan fingerprint density at radius 3 is 2.45 bits per heavy atom. The maximum atomic E-state index is 12.7. The minimum absolute atomic E-state index is 0.00263. The van der Waals surface area contributed by atoms with Crippen molar-refractivity contribution in [1.29, 1.82) is 0 Å². The first-order valence-corrected chi connectivity index (χ1v) is 11.3. The molecule has 2 aromatic carbocycles. The average molecular weight is 433 g/mol. The summed E-state index contributed by atoms with van der Waals surface area (Å²) in [4.78, 5) is 19.1. The topological polar surface area (TPSA) is 75.5 Å². The Kier molecular flexibility index (Phi) is 5.69. The van der Waals surface area contributed by atoms with Gasteiger partial charge in [-0.3, -0.25) is 14.3 Å². The van der Waals surface area contributed by atoms with Crippen molar-refractivity contribution in [2.45, 2.75) is 12.4 Å². The lowest BCUT2D eigenvalue weighted by molar-refractivity contribution is 0.150. The lowest BCUT2D eigenvalue weighted by Gasteiger charge is -2.34. The summed E-state index contributed by atoms with van der Waals surface area (Å²) >= 11 is 6.00. The minimum Gasteiger partial charge on any atom is -0.285 e. The van der Waals surface area contributed by atoms with Crippen LogP contribution in [0.2, 0.25) is 5.02 Å². The molecule has 0 N–H and O–H groups in total. The number of rotatable bonds is 5. The molecule has 0 unspecified atom stereocenters. The summed E-state index contributed by atoms with van der Waals surface area (Å²) in [5.74, 6) is 0.00263. The summed E-state index contributed by atoms with van der Waals surface area (Å²) in [5.41, 5.74) is 1.23. The molecule has 0 aliphatic carbocycles. The molecule has 3 aromatic rings. The van der Waals surface area contributed by atoms with Gasteiger partial charge in [-0.25, -0.2) is 13.4 Å². The third-order valence-corrected chi connectivity index (χ3v) is 7.14.